The Bertz CT molecular complexity index is 1440. The van der Waals surface area contributed by atoms with Gasteiger partial charge in [0.2, 0.25) is 23.8 Å². The minimum atomic E-state index is 0.468. The Morgan fingerprint density at radius 3 is 1.86 bits per heavy atom. The van der Waals surface area contributed by atoms with Gasteiger partial charge in [-0.05, 0) is 69.4 Å². The fourth-order valence-electron chi connectivity index (χ4n) is 4.83. The third-order valence-electron chi connectivity index (χ3n) is 6.76. The van der Waals surface area contributed by atoms with Crippen LogP contribution in [-0.2, 0) is 0 Å². The van der Waals surface area contributed by atoms with Crippen LogP contribution in [0.3, 0.4) is 0 Å². The van der Waals surface area contributed by atoms with E-state index in [0.717, 1.165) is 53.9 Å². The summed E-state index contributed by atoms with van der Waals surface area (Å²) in [4.78, 5) is 33.1. The molecule has 1 saturated heterocycles. The summed E-state index contributed by atoms with van der Waals surface area (Å²) in [7, 11) is 1.66. The summed E-state index contributed by atoms with van der Waals surface area (Å²) in [6.07, 6.45) is 3.48. The van der Waals surface area contributed by atoms with Crippen molar-refractivity contribution in [2.24, 2.45) is 30.0 Å². The molecule has 4 heterocycles. The van der Waals surface area contributed by atoms with E-state index < -0.39 is 0 Å². The quantitative estimate of drug-likeness (QED) is 0.663. The maximum Gasteiger partial charge on any atom is 0.244 e. The van der Waals surface area contributed by atoms with E-state index in [4.69, 9.17) is 34.7 Å². The molecule has 9 nitrogen and oxygen atoms in total. The third kappa shape index (κ3) is 3.90. The van der Waals surface area contributed by atoms with E-state index in [9.17, 15) is 0 Å². The predicted octanol–water partition coefficient (Wildman–Crippen LogP) is 4.07. The van der Waals surface area contributed by atoms with E-state index in [1.165, 1.54) is 12.0 Å². The lowest BCUT2D eigenvalue weighted by molar-refractivity contribution is 0.339. The van der Waals surface area contributed by atoms with Crippen LogP contribution in [0.2, 0.25) is 0 Å². The highest BCUT2D eigenvalue weighted by molar-refractivity contribution is 6.33. The summed E-state index contributed by atoms with van der Waals surface area (Å²) in [5, 5.41) is 0. The molecule has 0 unspecified atom stereocenters. The van der Waals surface area contributed by atoms with Crippen LogP contribution in [0.4, 0.5) is 0 Å². The number of amidine groups is 2. The summed E-state index contributed by atoms with van der Waals surface area (Å²) in [5.74, 6) is 4.05. The second kappa shape index (κ2) is 8.82. The average Bonchev–Trinajstić information content (AvgIpc) is 2.88. The van der Waals surface area contributed by atoms with Crippen LogP contribution in [0.1, 0.15) is 47.1 Å². The Labute approximate surface area is 210 Å². The number of rotatable bonds is 3. The standard InChI is InChI=1S/C27H28N8O/c1-16-8-10-20(17(2)14-16)22-28-25-29-23(21-11-9-19(36-4)15-18(21)3)31-27-33-24(32-26(30-22)35(25)27)34-12-6-5-7-13-34/h8-11,14-15H,5-7,12-13H2,1-4H3. The van der Waals surface area contributed by atoms with Crippen molar-refractivity contribution in [1.29, 1.82) is 0 Å². The van der Waals surface area contributed by atoms with E-state index in [1.807, 2.05) is 25.1 Å². The maximum atomic E-state index is 5.39. The number of hydrogen-bond donors (Lipinski definition) is 0. The van der Waals surface area contributed by atoms with Gasteiger partial charge in [-0.25, -0.2) is 4.90 Å². The number of benzene rings is 2. The van der Waals surface area contributed by atoms with Gasteiger partial charge >= 0.3 is 0 Å². The van der Waals surface area contributed by atoms with Gasteiger partial charge in [0.05, 0.1) is 7.11 Å². The first kappa shape index (κ1) is 22.3. The third-order valence-corrected chi connectivity index (χ3v) is 6.76. The lowest BCUT2D eigenvalue weighted by Gasteiger charge is -2.34. The molecule has 0 atom stereocenters. The predicted molar refractivity (Wildman–Crippen MR) is 144 cm³/mol. The lowest BCUT2D eigenvalue weighted by atomic mass is 10.0. The first-order chi connectivity index (χ1) is 17.5. The zero-order chi connectivity index (χ0) is 24.8. The molecule has 0 N–H and O–H groups in total. The summed E-state index contributed by atoms with van der Waals surface area (Å²) < 4.78 is 5.39. The van der Waals surface area contributed by atoms with Crippen LogP contribution in [-0.4, -0.2) is 65.5 Å². The second-order valence-corrected chi connectivity index (χ2v) is 9.40. The molecule has 4 aliphatic rings. The molecule has 2 aromatic rings. The molecule has 0 aromatic heterocycles. The maximum absolute atomic E-state index is 5.39. The van der Waals surface area contributed by atoms with E-state index in [-0.39, 0.29) is 0 Å². The van der Waals surface area contributed by atoms with Crippen molar-refractivity contribution in [2.45, 2.75) is 40.0 Å². The van der Waals surface area contributed by atoms with Gasteiger partial charge < -0.3 is 9.64 Å². The number of piperidine rings is 1. The van der Waals surface area contributed by atoms with Crippen molar-refractivity contribution in [2.75, 3.05) is 20.2 Å². The molecule has 4 aliphatic heterocycles. The molecule has 9 heteroatoms. The highest BCUT2D eigenvalue weighted by Gasteiger charge is 2.37. The van der Waals surface area contributed by atoms with Gasteiger partial charge in [-0.15, -0.1) is 0 Å². The highest BCUT2D eigenvalue weighted by Crippen LogP contribution is 2.25. The van der Waals surface area contributed by atoms with Crippen LogP contribution in [0, 0.1) is 20.8 Å². The van der Waals surface area contributed by atoms with E-state index in [2.05, 4.69) is 36.9 Å². The number of nitrogens with zero attached hydrogens (tertiary/aromatic N) is 8. The van der Waals surface area contributed by atoms with Gasteiger partial charge in [-0.2, -0.15) is 30.0 Å². The van der Waals surface area contributed by atoms with Gasteiger partial charge in [0.25, 0.3) is 0 Å². The SMILES string of the molecule is COc1ccc(C2=NC3=NC(N4CCCCC4)=NC4=NC(c5ccc(C)cc5C)=NC(=N2)N43)c(C)c1. The van der Waals surface area contributed by atoms with Gasteiger partial charge in [0, 0.05) is 24.2 Å². The zero-order valence-corrected chi connectivity index (χ0v) is 21.0. The fourth-order valence-corrected chi connectivity index (χ4v) is 4.83. The van der Waals surface area contributed by atoms with Crippen LogP contribution in [0.5, 0.6) is 5.75 Å². The first-order valence-corrected chi connectivity index (χ1v) is 12.3. The molecular formula is C27H28N8O. The molecule has 0 radical (unpaired) electrons. The van der Waals surface area contributed by atoms with Crippen molar-refractivity contribution >= 4 is 35.5 Å². The van der Waals surface area contributed by atoms with E-state index in [1.54, 1.807) is 12.0 Å². The van der Waals surface area contributed by atoms with E-state index >= 15 is 0 Å². The van der Waals surface area contributed by atoms with Crippen LogP contribution < -0.4 is 4.74 Å². The number of hydrogen-bond acceptors (Lipinski definition) is 9. The Hall–Kier alpha value is -4.14. The van der Waals surface area contributed by atoms with E-state index in [0.29, 0.717) is 35.5 Å². The zero-order valence-electron chi connectivity index (χ0n) is 21.0. The van der Waals surface area contributed by atoms with Crippen LogP contribution >= 0.6 is 0 Å². The molecule has 0 spiro atoms. The second-order valence-electron chi connectivity index (χ2n) is 9.40. The van der Waals surface area contributed by atoms with Crippen molar-refractivity contribution in [1.82, 2.24) is 9.80 Å². The minimum absolute atomic E-state index is 0.468. The topological polar surface area (TPSA) is 89.9 Å². The van der Waals surface area contributed by atoms with Crippen molar-refractivity contribution in [3.63, 3.8) is 0 Å². The molecule has 0 amide bonds. The van der Waals surface area contributed by atoms with Gasteiger partial charge in [-0.3, -0.25) is 0 Å². The normalized spacial score (nSPS) is 18.9. The Morgan fingerprint density at radius 2 is 1.22 bits per heavy atom. The highest BCUT2D eigenvalue weighted by atomic mass is 16.5. The molecule has 182 valence electrons. The number of guanidine groups is 4. The summed E-state index contributed by atoms with van der Waals surface area (Å²) >= 11 is 0. The summed E-state index contributed by atoms with van der Waals surface area (Å²) in [6.45, 7) is 8.03. The molecule has 0 saturated carbocycles. The number of methoxy groups -OCH3 is 1. The number of likely N-dealkylation sites (tertiary alicyclic amines) is 1. The average molecular weight is 481 g/mol. The Morgan fingerprint density at radius 1 is 0.639 bits per heavy atom. The molecule has 1 fully saturated rings. The number of ether oxygens (including phenoxy) is 1. The molecule has 6 rings (SSSR count). The van der Waals surface area contributed by atoms with Crippen LogP contribution in [0.25, 0.3) is 0 Å². The Balaban J connectivity index is 1.51. The smallest absolute Gasteiger partial charge is 0.244 e. The number of aryl methyl sites for hydroxylation is 3. The lowest BCUT2D eigenvalue weighted by Crippen LogP contribution is -2.50. The monoisotopic (exact) mass is 480 g/mol. The fraction of sp³-hybridized carbons (Fsp3) is 0.333. The molecule has 2 aromatic carbocycles. The summed E-state index contributed by atoms with van der Waals surface area (Å²) in [5.41, 5.74) is 5.17. The molecule has 36 heavy (non-hydrogen) atoms. The van der Waals surface area contributed by atoms with Gasteiger partial charge in [-0.1, -0.05) is 23.8 Å². The largest absolute Gasteiger partial charge is 0.497 e. The first-order valence-electron chi connectivity index (χ1n) is 12.3. The van der Waals surface area contributed by atoms with Crippen molar-refractivity contribution in [3.05, 3.63) is 64.2 Å². The molecular weight excluding hydrogens is 452 g/mol. The minimum Gasteiger partial charge on any atom is -0.497 e. The molecule has 0 bridgehead atoms. The Kier molecular flexibility index (Phi) is 5.47. The van der Waals surface area contributed by atoms with Crippen LogP contribution in [0.15, 0.2) is 66.4 Å². The van der Waals surface area contributed by atoms with Gasteiger partial charge in [0.15, 0.2) is 11.7 Å². The van der Waals surface area contributed by atoms with Crippen molar-refractivity contribution in [3.8, 4) is 5.75 Å². The van der Waals surface area contributed by atoms with Crippen molar-refractivity contribution < 1.29 is 4.74 Å². The summed E-state index contributed by atoms with van der Waals surface area (Å²) in [6, 6.07) is 12.1. The molecule has 0 aliphatic carbocycles. The van der Waals surface area contributed by atoms with Gasteiger partial charge in [0.1, 0.15) is 5.75 Å². The number of aliphatic imine (C=N–C) groups is 6.